The number of sulfonamides is 1. The number of rotatable bonds is 6. The molecule has 22 heavy (non-hydrogen) atoms. The quantitative estimate of drug-likeness (QED) is 0.807. The topological polar surface area (TPSA) is 57.7 Å². The molecule has 5 nitrogen and oxygen atoms in total. The van der Waals surface area contributed by atoms with E-state index in [9.17, 15) is 13.2 Å². The van der Waals surface area contributed by atoms with E-state index >= 15 is 0 Å². The van der Waals surface area contributed by atoms with Crippen molar-refractivity contribution in [3.63, 3.8) is 0 Å². The first-order chi connectivity index (χ1) is 10.1. The standard InChI is InChI=1S/C16H26N2O3S/c1-7-18(13(4)12(2)3)16(19)14-8-10-15(11-9-14)22(20,21)17(5)6/h8-13H,7H2,1-6H3. The molecule has 0 saturated carbocycles. The first-order valence-corrected chi connectivity index (χ1v) is 8.90. The molecule has 0 aliphatic carbocycles. The maximum Gasteiger partial charge on any atom is 0.254 e. The van der Waals surface area contributed by atoms with Crippen molar-refractivity contribution < 1.29 is 13.2 Å². The Balaban J connectivity index is 3.07. The molecule has 0 N–H and O–H groups in total. The highest BCUT2D eigenvalue weighted by Crippen LogP contribution is 2.17. The van der Waals surface area contributed by atoms with Gasteiger partial charge in [0, 0.05) is 32.2 Å². The molecule has 0 aliphatic rings. The van der Waals surface area contributed by atoms with Gasteiger partial charge in [-0.1, -0.05) is 13.8 Å². The Labute approximate surface area is 134 Å². The zero-order valence-corrected chi connectivity index (χ0v) is 15.0. The number of hydrogen-bond donors (Lipinski definition) is 0. The fourth-order valence-corrected chi connectivity index (χ4v) is 3.02. The average Bonchev–Trinajstić information content (AvgIpc) is 2.47. The molecule has 1 aromatic carbocycles. The van der Waals surface area contributed by atoms with E-state index in [1.54, 1.807) is 17.0 Å². The van der Waals surface area contributed by atoms with Crippen LogP contribution in [0.4, 0.5) is 0 Å². The molecule has 0 radical (unpaired) electrons. The minimum absolute atomic E-state index is 0.0718. The van der Waals surface area contributed by atoms with Crippen molar-refractivity contribution in [3.8, 4) is 0 Å². The van der Waals surface area contributed by atoms with Gasteiger partial charge in [0.15, 0.2) is 0 Å². The predicted octanol–water partition coefficient (Wildman–Crippen LogP) is 2.44. The number of nitrogens with zero attached hydrogens (tertiary/aromatic N) is 2. The van der Waals surface area contributed by atoms with Crippen LogP contribution in [0.2, 0.25) is 0 Å². The Hall–Kier alpha value is -1.40. The summed E-state index contributed by atoms with van der Waals surface area (Å²) < 4.78 is 25.2. The molecule has 0 saturated heterocycles. The Kier molecular flexibility index (Phi) is 6.14. The first-order valence-electron chi connectivity index (χ1n) is 7.46. The lowest BCUT2D eigenvalue weighted by Crippen LogP contribution is -2.41. The highest BCUT2D eigenvalue weighted by molar-refractivity contribution is 7.89. The summed E-state index contributed by atoms with van der Waals surface area (Å²) in [6.45, 7) is 8.75. The maximum atomic E-state index is 12.6. The van der Waals surface area contributed by atoms with Crippen LogP contribution in [0.1, 0.15) is 38.1 Å². The van der Waals surface area contributed by atoms with E-state index in [1.807, 2.05) is 13.8 Å². The molecule has 0 fully saturated rings. The summed E-state index contributed by atoms with van der Waals surface area (Å²) in [5.41, 5.74) is 0.507. The van der Waals surface area contributed by atoms with E-state index in [0.717, 1.165) is 4.31 Å². The second-order valence-corrected chi connectivity index (χ2v) is 8.04. The van der Waals surface area contributed by atoms with Gasteiger partial charge < -0.3 is 4.90 Å². The molecule has 6 heteroatoms. The van der Waals surface area contributed by atoms with Crippen LogP contribution in [0.5, 0.6) is 0 Å². The lowest BCUT2D eigenvalue weighted by molar-refractivity contribution is 0.0660. The predicted molar refractivity (Wildman–Crippen MR) is 88.3 cm³/mol. The van der Waals surface area contributed by atoms with E-state index in [4.69, 9.17) is 0 Å². The first kappa shape index (κ1) is 18.6. The van der Waals surface area contributed by atoms with E-state index in [0.29, 0.717) is 18.0 Å². The molecule has 0 aliphatic heterocycles. The summed E-state index contributed by atoms with van der Waals surface area (Å²) in [5, 5.41) is 0. The van der Waals surface area contributed by atoms with Crippen LogP contribution in [0.15, 0.2) is 29.2 Å². The lowest BCUT2D eigenvalue weighted by atomic mass is 10.0. The molecule has 1 aromatic rings. The second-order valence-electron chi connectivity index (χ2n) is 5.89. The number of amides is 1. The van der Waals surface area contributed by atoms with Crippen molar-refractivity contribution in [2.45, 2.75) is 38.6 Å². The van der Waals surface area contributed by atoms with E-state index in [2.05, 4.69) is 13.8 Å². The smallest absolute Gasteiger partial charge is 0.254 e. The van der Waals surface area contributed by atoms with Gasteiger partial charge in [-0.2, -0.15) is 0 Å². The Morgan fingerprint density at radius 2 is 1.59 bits per heavy atom. The number of benzene rings is 1. The van der Waals surface area contributed by atoms with Crippen LogP contribution in [-0.2, 0) is 10.0 Å². The lowest BCUT2D eigenvalue weighted by Gasteiger charge is -2.31. The average molecular weight is 326 g/mol. The van der Waals surface area contributed by atoms with Gasteiger partial charge in [0.25, 0.3) is 5.91 Å². The second kappa shape index (κ2) is 7.24. The van der Waals surface area contributed by atoms with Crippen LogP contribution in [0, 0.1) is 5.92 Å². The number of carbonyl (C=O) groups is 1. The fraction of sp³-hybridized carbons (Fsp3) is 0.562. The summed E-state index contributed by atoms with van der Waals surface area (Å²) in [5.74, 6) is 0.287. The van der Waals surface area contributed by atoms with E-state index < -0.39 is 10.0 Å². The Morgan fingerprint density at radius 3 is 1.95 bits per heavy atom. The fourth-order valence-electron chi connectivity index (χ4n) is 2.12. The number of carbonyl (C=O) groups excluding carboxylic acids is 1. The molecule has 0 aromatic heterocycles. The van der Waals surface area contributed by atoms with Crippen LogP contribution in [-0.4, -0.2) is 50.2 Å². The molecule has 1 atom stereocenters. The molecule has 0 heterocycles. The molecular weight excluding hydrogens is 300 g/mol. The van der Waals surface area contributed by atoms with Crippen molar-refractivity contribution in [1.82, 2.24) is 9.21 Å². The summed E-state index contributed by atoms with van der Waals surface area (Å²) >= 11 is 0. The van der Waals surface area contributed by atoms with Crippen molar-refractivity contribution in [2.24, 2.45) is 5.92 Å². The zero-order chi connectivity index (χ0) is 17.1. The highest BCUT2D eigenvalue weighted by Gasteiger charge is 2.23. The molecule has 1 unspecified atom stereocenters. The van der Waals surface area contributed by atoms with Gasteiger partial charge in [-0.3, -0.25) is 4.79 Å². The van der Waals surface area contributed by atoms with Crippen LogP contribution in [0.25, 0.3) is 0 Å². The third-order valence-corrected chi connectivity index (χ3v) is 5.77. The summed E-state index contributed by atoms with van der Waals surface area (Å²) in [4.78, 5) is 14.6. The van der Waals surface area contributed by atoms with Crippen LogP contribution >= 0.6 is 0 Å². The third-order valence-electron chi connectivity index (χ3n) is 3.94. The normalized spacial score (nSPS) is 13.5. The molecule has 0 bridgehead atoms. The van der Waals surface area contributed by atoms with Gasteiger partial charge in [-0.15, -0.1) is 0 Å². The third kappa shape index (κ3) is 3.87. The van der Waals surface area contributed by atoms with Gasteiger partial charge in [0.05, 0.1) is 4.90 Å². The minimum atomic E-state index is -3.47. The van der Waals surface area contributed by atoms with Gasteiger partial charge in [0.1, 0.15) is 0 Å². The SMILES string of the molecule is CCN(C(=O)c1ccc(S(=O)(=O)N(C)C)cc1)C(C)C(C)C. The van der Waals surface area contributed by atoms with Crippen LogP contribution < -0.4 is 0 Å². The monoisotopic (exact) mass is 326 g/mol. The summed E-state index contributed by atoms with van der Waals surface area (Å²) in [6.07, 6.45) is 0. The molecule has 1 amide bonds. The summed E-state index contributed by atoms with van der Waals surface area (Å²) in [6, 6.07) is 6.25. The van der Waals surface area contributed by atoms with Gasteiger partial charge in [0.2, 0.25) is 10.0 Å². The molecule has 124 valence electrons. The van der Waals surface area contributed by atoms with Gasteiger partial charge in [-0.05, 0) is 44.0 Å². The Bertz CT molecular complexity index is 607. The van der Waals surface area contributed by atoms with Crippen LogP contribution in [0.3, 0.4) is 0 Å². The van der Waals surface area contributed by atoms with Gasteiger partial charge in [-0.25, -0.2) is 12.7 Å². The van der Waals surface area contributed by atoms with E-state index in [-0.39, 0.29) is 16.8 Å². The minimum Gasteiger partial charge on any atom is -0.336 e. The molecule has 0 spiro atoms. The zero-order valence-electron chi connectivity index (χ0n) is 14.2. The van der Waals surface area contributed by atoms with Crippen molar-refractivity contribution >= 4 is 15.9 Å². The van der Waals surface area contributed by atoms with Crippen molar-refractivity contribution in [1.29, 1.82) is 0 Å². The van der Waals surface area contributed by atoms with Crippen molar-refractivity contribution in [2.75, 3.05) is 20.6 Å². The Morgan fingerprint density at radius 1 is 1.09 bits per heavy atom. The number of hydrogen-bond acceptors (Lipinski definition) is 3. The van der Waals surface area contributed by atoms with E-state index in [1.165, 1.54) is 26.2 Å². The maximum absolute atomic E-state index is 12.6. The summed E-state index contributed by atoms with van der Waals surface area (Å²) in [7, 11) is -0.499. The highest BCUT2D eigenvalue weighted by atomic mass is 32.2. The van der Waals surface area contributed by atoms with Crippen molar-refractivity contribution in [3.05, 3.63) is 29.8 Å². The molecule has 1 rings (SSSR count). The molecular formula is C16H26N2O3S. The van der Waals surface area contributed by atoms with Gasteiger partial charge >= 0.3 is 0 Å². The largest absolute Gasteiger partial charge is 0.336 e.